The van der Waals surface area contributed by atoms with Crippen molar-refractivity contribution >= 4 is 28.5 Å². The van der Waals surface area contributed by atoms with Crippen molar-refractivity contribution in [1.82, 2.24) is 5.10 Å². The largest absolute Gasteiger partial charge is 1.00 e. The fourth-order valence-electron chi connectivity index (χ4n) is 1.69. The maximum absolute atomic E-state index is 11.9. The van der Waals surface area contributed by atoms with Crippen LogP contribution in [0.15, 0.2) is 29.2 Å². The summed E-state index contributed by atoms with van der Waals surface area (Å²) in [5.41, 5.74) is 0.345. The van der Waals surface area contributed by atoms with Gasteiger partial charge in [-0.3, -0.25) is 4.79 Å². The van der Waals surface area contributed by atoms with Crippen molar-refractivity contribution in [3.8, 4) is 0 Å². The second-order valence-corrected chi connectivity index (χ2v) is 4.11. The number of hydrogen-bond acceptors (Lipinski definition) is 3. The van der Waals surface area contributed by atoms with Crippen LogP contribution >= 0.6 is 11.6 Å². The third kappa shape index (κ3) is 3.45. The van der Waals surface area contributed by atoms with Crippen molar-refractivity contribution in [2.45, 2.75) is 13.5 Å². The van der Waals surface area contributed by atoms with Crippen LogP contribution in [0.3, 0.4) is 0 Å². The highest BCUT2D eigenvalue weighted by atomic mass is 35.5. The lowest BCUT2D eigenvalue weighted by Gasteiger charge is -2.00. The second-order valence-electron chi connectivity index (χ2n) is 3.70. The first-order valence-electron chi connectivity index (χ1n) is 5.48. The molecule has 0 atom stereocenters. The topological polar surface area (TPSA) is 63.0 Å². The summed E-state index contributed by atoms with van der Waals surface area (Å²) in [4.78, 5) is 23.2. The van der Waals surface area contributed by atoms with E-state index in [0.29, 0.717) is 22.5 Å². The van der Waals surface area contributed by atoms with Crippen molar-refractivity contribution < 1.29 is 26.6 Å². The number of aromatic nitrogens is 2. The molecule has 1 heterocycles. The summed E-state index contributed by atoms with van der Waals surface area (Å²) in [6, 6.07) is 5.11. The first-order chi connectivity index (χ1) is 8.61. The lowest BCUT2D eigenvalue weighted by molar-refractivity contribution is -0.741. The number of esters is 1. The zero-order valence-electron chi connectivity index (χ0n) is 10.2. The van der Waals surface area contributed by atoms with E-state index in [2.05, 4.69) is 5.10 Å². The highest BCUT2D eigenvalue weighted by Gasteiger charge is 2.14. The van der Waals surface area contributed by atoms with Gasteiger partial charge in [-0.1, -0.05) is 17.7 Å². The molecule has 5 nitrogen and oxygen atoms in total. The van der Waals surface area contributed by atoms with E-state index in [4.69, 9.17) is 16.3 Å². The number of aromatic amines is 1. The number of nitrogens with one attached hydrogen (secondary N) is 1. The zero-order valence-corrected chi connectivity index (χ0v) is 11.7. The minimum absolute atomic E-state index is 0. The Hall–Kier alpha value is -1.59. The number of H-pyrrole nitrogens is 1. The number of carbonyl (C=O) groups excluding carboxylic acids is 1. The molecular weight excluding hydrogens is 291 g/mol. The Morgan fingerprint density at radius 3 is 2.89 bits per heavy atom. The number of ether oxygens (including phenoxy) is 1. The number of fused-ring (bicyclic) bond motifs is 1. The van der Waals surface area contributed by atoms with Crippen LogP contribution in [0, 0.1) is 0 Å². The third-order valence-electron chi connectivity index (χ3n) is 2.40. The molecule has 0 aliphatic rings. The number of hydrogen-bond donors (Lipinski definition) is 1. The van der Waals surface area contributed by atoms with E-state index in [9.17, 15) is 9.59 Å². The van der Waals surface area contributed by atoms with Crippen LogP contribution in [-0.2, 0) is 16.1 Å². The van der Waals surface area contributed by atoms with E-state index in [0.717, 1.165) is 0 Å². The Kier molecular flexibility index (Phi) is 5.32. The Balaban J connectivity index is 0.00000180. The molecule has 0 spiro atoms. The molecule has 0 aliphatic carbocycles. The number of nitrogens with zero attached hydrogens (tertiary/aromatic N) is 1. The van der Waals surface area contributed by atoms with Gasteiger partial charge in [0.25, 0.3) is 12.0 Å². The van der Waals surface area contributed by atoms with Gasteiger partial charge < -0.3 is 17.1 Å². The summed E-state index contributed by atoms with van der Waals surface area (Å²) in [5.74, 6) is -0.403. The van der Waals surface area contributed by atoms with Gasteiger partial charge >= 0.3 is 5.97 Å². The van der Waals surface area contributed by atoms with Crippen LogP contribution in [0.1, 0.15) is 6.92 Å². The van der Waals surface area contributed by atoms with Crippen LogP contribution in [-0.4, -0.2) is 17.7 Å². The van der Waals surface area contributed by atoms with E-state index in [-0.39, 0.29) is 24.4 Å². The van der Waals surface area contributed by atoms with Crippen LogP contribution in [0.2, 0.25) is 5.02 Å². The van der Waals surface area contributed by atoms with E-state index in [1.165, 1.54) is 10.9 Å². The molecule has 0 amide bonds. The SMILES string of the molecule is CCOC(=O)C[n+]1cc(=O)c2c(Cl)cccc2[nH]1.[Cl-]. The average molecular weight is 303 g/mol. The van der Waals surface area contributed by atoms with Gasteiger partial charge in [-0.05, 0) is 19.1 Å². The van der Waals surface area contributed by atoms with Crippen LogP contribution in [0.4, 0.5) is 0 Å². The molecule has 19 heavy (non-hydrogen) atoms. The molecule has 0 saturated heterocycles. The minimum Gasteiger partial charge on any atom is -1.00 e. The van der Waals surface area contributed by atoms with Gasteiger partial charge in [-0.15, -0.1) is 4.68 Å². The van der Waals surface area contributed by atoms with Crippen LogP contribution < -0.4 is 22.5 Å². The molecule has 0 radical (unpaired) electrons. The molecule has 7 heteroatoms. The molecule has 0 saturated carbocycles. The Morgan fingerprint density at radius 2 is 2.21 bits per heavy atom. The molecule has 1 aromatic heterocycles. The van der Waals surface area contributed by atoms with E-state index in [1.54, 1.807) is 25.1 Å². The van der Waals surface area contributed by atoms with Gasteiger partial charge in [0.1, 0.15) is 5.52 Å². The molecule has 0 unspecified atom stereocenters. The maximum atomic E-state index is 11.9. The molecule has 2 aromatic rings. The van der Waals surface area contributed by atoms with Crippen molar-refractivity contribution in [3.05, 3.63) is 39.6 Å². The van der Waals surface area contributed by atoms with Crippen LogP contribution in [0.25, 0.3) is 10.9 Å². The van der Waals surface area contributed by atoms with Crippen LogP contribution in [0.5, 0.6) is 0 Å². The summed E-state index contributed by atoms with van der Waals surface area (Å²) in [7, 11) is 0. The molecule has 0 aliphatic heterocycles. The lowest BCUT2D eigenvalue weighted by Crippen LogP contribution is -3.00. The average Bonchev–Trinajstić information content (AvgIpc) is 2.28. The van der Waals surface area contributed by atoms with Crippen molar-refractivity contribution in [1.29, 1.82) is 0 Å². The highest BCUT2D eigenvalue weighted by Crippen LogP contribution is 2.16. The number of halogens is 2. The summed E-state index contributed by atoms with van der Waals surface area (Å²) < 4.78 is 6.20. The van der Waals surface area contributed by atoms with Gasteiger partial charge in [0.05, 0.1) is 17.0 Å². The molecule has 1 aromatic carbocycles. The van der Waals surface area contributed by atoms with Gasteiger partial charge in [-0.25, -0.2) is 4.79 Å². The first kappa shape index (κ1) is 15.5. The molecule has 0 bridgehead atoms. The maximum Gasteiger partial charge on any atom is 0.375 e. The van der Waals surface area contributed by atoms with Crippen molar-refractivity contribution in [2.75, 3.05) is 6.61 Å². The molecule has 2 rings (SSSR count). The predicted molar refractivity (Wildman–Crippen MR) is 66.4 cm³/mol. The first-order valence-corrected chi connectivity index (χ1v) is 5.86. The third-order valence-corrected chi connectivity index (χ3v) is 2.72. The van der Waals surface area contributed by atoms with Gasteiger partial charge in [0, 0.05) is 0 Å². The summed E-state index contributed by atoms with van der Waals surface area (Å²) in [5, 5.41) is 3.73. The zero-order chi connectivity index (χ0) is 13.1. The Bertz CT molecular complexity index is 655. The Morgan fingerprint density at radius 1 is 1.47 bits per heavy atom. The summed E-state index contributed by atoms with van der Waals surface area (Å²) in [6.45, 7) is 2.00. The fraction of sp³-hybridized carbons (Fsp3) is 0.250. The Labute approximate surface area is 120 Å². The standard InChI is InChI=1S/C12H11ClN2O3.ClH/c1-2-18-11(17)7-15-6-10(16)12-8(13)4-3-5-9(12)14-15;/h3-6H,2,7H2,1H3;1H. The smallest absolute Gasteiger partial charge is 0.375 e. The van der Waals surface area contributed by atoms with E-state index >= 15 is 0 Å². The van der Waals surface area contributed by atoms with Gasteiger partial charge in [0.2, 0.25) is 6.20 Å². The van der Waals surface area contributed by atoms with E-state index < -0.39 is 5.97 Å². The number of benzene rings is 1. The molecule has 0 fully saturated rings. The molecule has 1 N–H and O–H groups in total. The minimum atomic E-state index is -0.403. The second kappa shape index (κ2) is 6.54. The quantitative estimate of drug-likeness (QED) is 0.529. The highest BCUT2D eigenvalue weighted by molar-refractivity contribution is 6.35. The van der Waals surface area contributed by atoms with Crippen molar-refractivity contribution in [2.24, 2.45) is 0 Å². The normalized spacial score (nSPS) is 10.0. The molecular formula is C12H12Cl2N2O3. The predicted octanol–water partition coefficient (Wildman–Crippen LogP) is -1.96. The summed E-state index contributed by atoms with van der Waals surface area (Å²) >= 11 is 5.95. The number of rotatable bonds is 3. The van der Waals surface area contributed by atoms with Gasteiger partial charge in [-0.2, -0.15) is 5.10 Å². The fourth-order valence-corrected chi connectivity index (χ4v) is 1.96. The van der Waals surface area contributed by atoms with Gasteiger partial charge in [0.15, 0.2) is 0 Å². The lowest BCUT2D eigenvalue weighted by atomic mass is 10.2. The monoisotopic (exact) mass is 302 g/mol. The van der Waals surface area contributed by atoms with E-state index in [1.807, 2.05) is 0 Å². The number of carbonyl (C=O) groups is 1. The van der Waals surface area contributed by atoms with Crippen molar-refractivity contribution in [3.63, 3.8) is 0 Å². The summed E-state index contributed by atoms with van der Waals surface area (Å²) in [6.07, 6.45) is 1.30. The molecule has 102 valence electrons.